The zero-order valence-electron chi connectivity index (χ0n) is 45.1. The van der Waals surface area contributed by atoms with Crippen molar-refractivity contribution in [3.05, 3.63) is 11.6 Å². The van der Waals surface area contributed by atoms with Crippen molar-refractivity contribution in [2.75, 3.05) is 26.4 Å². The van der Waals surface area contributed by atoms with Crippen LogP contribution in [0.15, 0.2) is 11.6 Å². The average molecular weight is 1090 g/mol. The van der Waals surface area contributed by atoms with Gasteiger partial charge in [-0.3, -0.25) is 9.59 Å². The van der Waals surface area contributed by atoms with Crippen LogP contribution in [0.5, 0.6) is 0 Å². The van der Waals surface area contributed by atoms with Gasteiger partial charge in [-0.1, -0.05) is 53.2 Å². The second-order valence-corrected chi connectivity index (χ2v) is 25.8. The maximum absolute atomic E-state index is 13.2. The lowest BCUT2D eigenvalue weighted by Gasteiger charge is -2.71. The van der Waals surface area contributed by atoms with E-state index in [1.165, 1.54) is 12.5 Å². The van der Waals surface area contributed by atoms with Crippen LogP contribution >= 0.6 is 0 Å². The molecule has 22 nitrogen and oxygen atoms in total. The number of esters is 1. The Morgan fingerprint density at radius 2 is 1.26 bits per heavy atom. The number of hydrogen-bond acceptors (Lipinski definition) is 21. The average Bonchev–Trinajstić information content (AvgIpc) is 3.54. The van der Waals surface area contributed by atoms with Crippen LogP contribution in [-0.2, 0) is 52.2 Å². The fraction of sp³-hybridized carbons (Fsp3) is 0.926. The highest BCUT2D eigenvalue weighted by molar-refractivity contribution is 5.76. The largest absolute Gasteiger partial charge is 0.481 e. The molecule has 434 valence electrons. The third-order valence-corrected chi connectivity index (χ3v) is 21.1. The van der Waals surface area contributed by atoms with Gasteiger partial charge in [-0.25, -0.2) is 0 Å². The Balaban J connectivity index is 0.915. The van der Waals surface area contributed by atoms with Gasteiger partial charge in [-0.2, -0.15) is 0 Å². The number of carboxylic acid groups (broad SMARTS) is 1. The highest BCUT2D eigenvalue weighted by Gasteiger charge is 2.70. The van der Waals surface area contributed by atoms with Gasteiger partial charge in [0.2, 0.25) is 0 Å². The van der Waals surface area contributed by atoms with Gasteiger partial charge < -0.3 is 98.8 Å². The van der Waals surface area contributed by atoms with Crippen LogP contribution in [0.25, 0.3) is 0 Å². The zero-order valence-corrected chi connectivity index (χ0v) is 45.1. The smallest absolute Gasteiger partial charge is 0.310 e. The van der Waals surface area contributed by atoms with E-state index in [9.17, 15) is 65.8 Å². The van der Waals surface area contributed by atoms with E-state index in [2.05, 4.69) is 40.7 Å². The molecule has 0 aromatic heterocycles. The molecule has 5 aliphatic carbocycles. The van der Waals surface area contributed by atoms with E-state index in [0.29, 0.717) is 19.3 Å². The van der Waals surface area contributed by atoms with Gasteiger partial charge in [0, 0.05) is 12.3 Å². The van der Waals surface area contributed by atoms with Crippen LogP contribution in [0.3, 0.4) is 0 Å². The Hall–Kier alpha value is -2.04. The van der Waals surface area contributed by atoms with E-state index in [4.69, 9.17) is 42.6 Å². The third-order valence-electron chi connectivity index (χ3n) is 21.1. The number of aliphatic hydroxyl groups is 10. The monoisotopic (exact) mass is 1090 g/mol. The second-order valence-electron chi connectivity index (χ2n) is 25.8. The molecule has 4 heterocycles. The standard InChI is InChI=1S/C54H86O22/c1-24-34(60)41(75-46-39(65)42(71-25(2)57)40(30(20-55)72-46)74-44-37(63)35(61)28(58)21-68-44)38(64)45(70-24)76-43-36(62)29(59)22-69-47(43)73-33-12-13-50(5)31(51(33,6)23-56)11-14-53(8)32(50)10-9-26-27-19-49(3,4)15-17-54(27,48(66)67)18-16-52(26,53)7/h9,24,27-47,55-56,58-65H,10-23H2,1-8H3,(H,66,67)/t24-,27-,28-,29-,30+,31+,32+,33-,34-,35-,36-,37+,38+,39+,40+,41+,42+,43+,44-,45-,46-,47-,50-,51-,52+,53+,54-/m0/s1. The van der Waals surface area contributed by atoms with E-state index in [1.807, 2.05) is 6.92 Å². The van der Waals surface area contributed by atoms with Gasteiger partial charge in [0.05, 0.1) is 44.1 Å². The van der Waals surface area contributed by atoms with Crippen LogP contribution in [0.4, 0.5) is 0 Å². The summed E-state index contributed by atoms with van der Waals surface area (Å²) >= 11 is 0. The summed E-state index contributed by atoms with van der Waals surface area (Å²) in [5, 5.41) is 121. The van der Waals surface area contributed by atoms with Crippen LogP contribution in [0.2, 0.25) is 0 Å². The van der Waals surface area contributed by atoms with Crippen LogP contribution in [-0.4, -0.2) is 211 Å². The summed E-state index contributed by atoms with van der Waals surface area (Å²) in [5.74, 6) is -1.43. The normalized spacial score (nSPS) is 53.2. The zero-order chi connectivity index (χ0) is 55.4. The SMILES string of the molecule is CC(=O)O[C@@H]1[C@@H](O)[C@H](O[C@@H]2[C@@H](O)[C@H](C)O[C@@H](O[C@H]3[C@H](O[C@H]4CC[C@@]5(C)[C@@H](CC[C@]6(C)[C@@H]5CC=C5[C@@H]7CC(C)(C)CC[C@]7(C(=O)O)CC[C@]56C)[C@]4(C)CO)OC[C@H](O)[C@@H]3O)[C@@H]2O)O[C@H](CO)[C@H]1O[C@@H]1OC[C@H](O)[C@H](O)[C@H]1O. The van der Waals surface area contributed by atoms with Crippen molar-refractivity contribution in [1.29, 1.82) is 0 Å². The maximum atomic E-state index is 13.2. The first-order valence-corrected chi connectivity index (χ1v) is 27.5. The second kappa shape index (κ2) is 21.4. The Kier molecular flexibility index (Phi) is 16.5. The van der Waals surface area contributed by atoms with Gasteiger partial charge in [-0.15, -0.1) is 0 Å². The number of aliphatic hydroxyl groups excluding tert-OH is 10. The van der Waals surface area contributed by atoms with Crippen LogP contribution in [0, 0.1) is 50.2 Å². The summed E-state index contributed by atoms with van der Waals surface area (Å²) in [5.41, 5.74) is -0.847. The van der Waals surface area contributed by atoms with E-state index in [1.54, 1.807) is 0 Å². The van der Waals surface area contributed by atoms with Crippen molar-refractivity contribution < 1.29 is 108 Å². The summed E-state index contributed by atoms with van der Waals surface area (Å²) in [7, 11) is 0. The number of carboxylic acids is 1. The molecule has 0 bridgehead atoms. The first kappa shape index (κ1) is 58.6. The van der Waals surface area contributed by atoms with E-state index in [0.717, 1.165) is 51.9 Å². The summed E-state index contributed by atoms with van der Waals surface area (Å²) in [4.78, 5) is 25.6. The molecule has 4 saturated heterocycles. The fourth-order valence-electron chi connectivity index (χ4n) is 16.3. The molecule has 9 aliphatic rings. The van der Waals surface area contributed by atoms with Crippen LogP contribution < -0.4 is 0 Å². The molecule has 0 unspecified atom stereocenters. The minimum atomic E-state index is -1.95. The quantitative estimate of drug-likeness (QED) is 0.0715. The van der Waals surface area contributed by atoms with Gasteiger partial charge >= 0.3 is 11.9 Å². The lowest BCUT2D eigenvalue weighted by Crippen LogP contribution is -2.67. The molecule has 22 heteroatoms. The Labute approximate surface area is 443 Å². The third kappa shape index (κ3) is 9.63. The van der Waals surface area contributed by atoms with Gasteiger partial charge in [0.1, 0.15) is 73.2 Å². The molecule has 4 saturated carbocycles. The molecule has 0 radical (unpaired) electrons. The van der Waals surface area contributed by atoms with Crippen molar-refractivity contribution >= 4 is 11.9 Å². The predicted molar refractivity (Wildman–Crippen MR) is 261 cm³/mol. The molecule has 76 heavy (non-hydrogen) atoms. The van der Waals surface area contributed by atoms with Crippen molar-refractivity contribution in [3.63, 3.8) is 0 Å². The first-order valence-electron chi connectivity index (χ1n) is 27.5. The number of ether oxygens (including phenoxy) is 9. The molecular weight excluding hydrogens is 1000 g/mol. The molecule has 27 atom stereocenters. The Bertz CT molecular complexity index is 2130. The van der Waals surface area contributed by atoms with Gasteiger partial charge in [0.25, 0.3) is 0 Å². The number of carbonyl (C=O) groups is 2. The van der Waals surface area contributed by atoms with Crippen molar-refractivity contribution in [3.8, 4) is 0 Å². The van der Waals surface area contributed by atoms with E-state index >= 15 is 0 Å². The lowest BCUT2D eigenvalue weighted by atomic mass is 9.33. The van der Waals surface area contributed by atoms with Crippen molar-refractivity contribution in [2.45, 2.75) is 236 Å². The minimum Gasteiger partial charge on any atom is -0.481 e. The molecule has 9 rings (SSSR count). The topological polar surface area (TPSA) is 340 Å². The molecule has 0 aromatic rings. The number of rotatable bonds is 12. The molecular formula is C54H86O22. The molecule has 4 aliphatic heterocycles. The minimum absolute atomic E-state index is 0.0299. The summed E-state index contributed by atoms with van der Waals surface area (Å²) in [6.45, 7) is 14.3. The first-order chi connectivity index (χ1) is 35.6. The fourth-order valence-corrected chi connectivity index (χ4v) is 16.3. The predicted octanol–water partition coefficient (Wildman–Crippen LogP) is 0.379. The molecule has 0 aromatic carbocycles. The van der Waals surface area contributed by atoms with Gasteiger partial charge in [-0.05, 0) is 111 Å². The highest BCUT2D eigenvalue weighted by atomic mass is 16.8. The van der Waals surface area contributed by atoms with E-state index < -0.39 is 153 Å². The summed E-state index contributed by atoms with van der Waals surface area (Å²) in [6, 6.07) is 0. The van der Waals surface area contributed by atoms with Gasteiger partial charge in [0.15, 0.2) is 31.3 Å². The Morgan fingerprint density at radius 3 is 1.92 bits per heavy atom. The summed E-state index contributed by atoms with van der Waals surface area (Å²) in [6.07, 6.45) is -19.9. The molecule has 0 amide bonds. The van der Waals surface area contributed by atoms with Crippen molar-refractivity contribution in [2.24, 2.45) is 50.2 Å². The maximum Gasteiger partial charge on any atom is 0.310 e. The Morgan fingerprint density at radius 1 is 0.645 bits per heavy atom. The number of carbonyl (C=O) groups excluding carboxylic acids is 1. The van der Waals surface area contributed by atoms with E-state index in [-0.39, 0.29) is 52.6 Å². The van der Waals surface area contributed by atoms with Crippen LogP contribution in [0.1, 0.15) is 120 Å². The highest BCUT2D eigenvalue weighted by Crippen LogP contribution is 2.76. The number of allylic oxidation sites excluding steroid dienone is 2. The molecule has 11 N–H and O–H groups in total. The molecule has 0 spiro atoms. The molecule has 8 fully saturated rings. The number of fused-ring (bicyclic) bond motifs is 7. The van der Waals surface area contributed by atoms with Crippen molar-refractivity contribution in [1.82, 2.24) is 0 Å². The summed E-state index contributed by atoms with van der Waals surface area (Å²) < 4.78 is 53.6. The lowest BCUT2D eigenvalue weighted by molar-refractivity contribution is -0.388. The number of hydrogen-bond donors (Lipinski definition) is 11. The number of aliphatic carboxylic acids is 1.